The van der Waals surface area contributed by atoms with Gasteiger partial charge in [-0.1, -0.05) is 32.4 Å². The lowest BCUT2D eigenvalue weighted by Crippen LogP contribution is -2.45. The van der Waals surface area contributed by atoms with Gasteiger partial charge >= 0.3 is 12.1 Å². The zero-order chi connectivity index (χ0) is 31.6. The summed E-state index contributed by atoms with van der Waals surface area (Å²) in [5.74, 6) is -3.18. The van der Waals surface area contributed by atoms with Crippen LogP contribution in [0.15, 0.2) is 30.4 Å². The Bertz CT molecular complexity index is 1100. The van der Waals surface area contributed by atoms with E-state index in [2.05, 4.69) is 18.4 Å². The highest BCUT2D eigenvalue weighted by Crippen LogP contribution is 2.66. The van der Waals surface area contributed by atoms with E-state index >= 15 is 4.39 Å². The van der Waals surface area contributed by atoms with Crippen LogP contribution in [0.3, 0.4) is 0 Å². The van der Waals surface area contributed by atoms with Crippen LogP contribution in [0.1, 0.15) is 94.3 Å². The number of aromatic hydroxyl groups is 1. The number of nitrogens with zero attached hydrogens (tertiary/aromatic N) is 1. The maximum atomic E-state index is 16.3. The molecule has 0 radical (unpaired) electrons. The Morgan fingerprint density at radius 1 is 1.02 bits per heavy atom. The number of phenolic OH excluding ortho intramolecular Hbond substituents is 1. The van der Waals surface area contributed by atoms with Gasteiger partial charge in [-0.15, -0.1) is 0 Å². The molecule has 3 aliphatic carbocycles. The lowest BCUT2D eigenvalue weighted by Gasteiger charge is -2.53. The van der Waals surface area contributed by atoms with Gasteiger partial charge in [0.1, 0.15) is 11.9 Å². The summed E-state index contributed by atoms with van der Waals surface area (Å²) in [4.78, 5) is 2.20. The topological polar surface area (TPSA) is 43.7 Å². The van der Waals surface area contributed by atoms with E-state index in [0.29, 0.717) is 17.7 Å². The quantitative estimate of drug-likeness (QED) is 0.122. The fourth-order valence-corrected chi connectivity index (χ4v) is 8.99. The molecule has 0 aromatic heterocycles. The first-order chi connectivity index (χ1) is 20.2. The second kappa shape index (κ2) is 13.9. The van der Waals surface area contributed by atoms with Gasteiger partial charge in [-0.3, -0.25) is 0 Å². The van der Waals surface area contributed by atoms with E-state index in [9.17, 15) is 32.2 Å². The van der Waals surface area contributed by atoms with E-state index in [1.54, 1.807) is 12.1 Å². The van der Waals surface area contributed by atoms with Crippen molar-refractivity contribution in [3.05, 3.63) is 41.5 Å². The molecule has 2 fully saturated rings. The average Bonchev–Trinajstić information content (AvgIpc) is 3.17. The van der Waals surface area contributed by atoms with Crippen molar-refractivity contribution in [1.82, 2.24) is 4.90 Å². The molecule has 3 aliphatic rings. The summed E-state index contributed by atoms with van der Waals surface area (Å²) in [6, 6.07) is 5.16. The van der Waals surface area contributed by atoms with E-state index in [1.807, 2.05) is 13.1 Å². The van der Waals surface area contributed by atoms with E-state index < -0.39 is 30.8 Å². The number of phenols is 1. The number of aliphatic hydroxyl groups is 1. The summed E-state index contributed by atoms with van der Waals surface area (Å²) < 4.78 is 78.9. The van der Waals surface area contributed by atoms with Gasteiger partial charge in [0, 0.05) is 6.42 Å². The monoisotopic (exact) mass is 635 g/mol. The molecule has 0 aliphatic heterocycles. The molecule has 1 aromatic carbocycles. The minimum atomic E-state index is -5.48. The number of alkyl halides is 6. The van der Waals surface area contributed by atoms with Gasteiger partial charge in [-0.05, 0) is 135 Å². The van der Waals surface area contributed by atoms with Gasteiger partial charge in [-0.2, -0.15) is 33.7 Å². The van der Waals surface area contributed by atoms with Gasteiger partial charge in [0.15, 0.2) is 0 Å². The largest absolute Gasteiger partial charge is 0.508 e. The molecule has 3 nitrogen and oxygen atoms in total. The standard InChI is InChI=1S/C33H47F6NO2S/c1-21-28(42)20-27-29-24(12-14-31(21,27)2)23-11-10-22(41)19-26(23)30(34)25(29)9-5-4-6-15-40(3)16-8-18-43-17-7-13-32(35,36)33(37,38)39/h10-11,19,24-25,27-30,41-42H,1,4-9,12-18,20H2,2-3H3/t24?,25?,27?,28-,29?,30-,31-/m1/s1. The first kappa shape index (κ1) is 34.5. The Balaban J connectivity index is 1.22. The summed E-state index contributed by atoms with van der Waals surface area (Å²) in [7, 11) is 2.02. The van der Waals surface area contributed by atoms with Crippen molar-refractivity contribution >= 4 is 11.8 Å². The molecular weight excluding hydrogens is 588 g/mol. The highest BCUT2D eigenvalue weighted by Gasteiger charge is 2.59. The molecule has 10 heteroatoms. The molecule has 0 heterocycles. The van der Waals surface area contributed by atoms with E-state index in [0.717, 1.165) is 69.2 Å². The number of benzene rings is 1. The highest BCUT2D eigenvalue weighted by molar-refractivity contribution is 7.99. The van der Waals surface area contributed by atoms with Crippen LogP contribution in [0.25, 0.3) is 0 Å². The van der Waals surface area contributed by atoms with Crippen LogP contribution in [0, 0.1) is 23.2 Å². The lowest BCUT2D eigenvalue weighted by atomic mass is 9.51. The summed E-state index contributed by atoms with van der Waals surface area (Å²) in [5, 5.41) is 20.9. The first-order valence-electron chi connectivity index (χ1n) is 15.7. The third-order valence-corrected chi connectivity index (χ3v) is 11.7. The van der Waals surface area contributed by atoms with Gasteiger partial charge in [-0.25, -0.2) is 4.39 Å². The van der Waals surface area contributed by atoms with E-state index in [-0.39, 0.29) is 47.0 Å². The van der Waals surface area contributed by atoms with Crippen LogP contribution >= 0.6 is 11.8 Å². The fourth-order valence-electron chi connectivity index (χ4n) is 8.11. The number of hydrogen-bond donors (Lipinski definition) is 2. The zero-order valence-electron chi connectivity index (χ0n) is 25.3. The smallest absolute Gasteiger partial charge is 0.453 e. The second-order valence-corrected chi connectivity index (χ2v) is 14.6. The minimum Gasteiger partial charge on any atom is -0.508 e. The first-order valence-corrected chi connectivity index (χ1v) is 16.9. The lowest BCUT2D eigenvalue weighted by molar-refractivity contribution is -0.284. The Kier molecular flexibility index (Phi) is 11.2. The minimum absolute atomic E-state index is 0.0911. The number of hydrogen-bond acceptors (Lipinski definition) is 4. The molecule has 0 amide bonds. The molecule has 244 valence electrons. The van der Waals surface area contributed by atoms with Gasteiger partial charge in [0.2, 0.25) is 0 Å². The van der Waals surface area contributed by atoms with Crippen molar-refractivity contribution in [3.63, 3.8) is 0 Å². The Morgan fingerprint density at radius 3 is 2.44 bits per heavy atom. The number of aliphatic hydroxyl groups excluding tert-OH is 1. The molecule has 2 saturated carbocycles. The predicted molar refractivity (Wildman–Crippen MR) is 160 cm³/mol. The molecule has 1 aromatic rings. The van der Waals surface area contributed by atoms with Gasteiger partial charge in [0.05, 0.1) is 6.10 Å². The summed E-state index contributed by atoms with van der Waals surface area (Å²) in [6.45, 7) is 8.13. The third-order valence-electron chi connectivity index (χ3n) is 10.6. The molecule has 0 bridgehead atoms. The number of rotatable bonds is 14. The number of unbranched alkanes of at least 4 members (excludes halogenated alkanes) is 2. The molecule has 7 atom stereocenters. The maximum Gasteiger partial charge on any atom is 0.453 e. The zero-order valence-corrected chi connectivity index (χ0v) is 26.1. The molecular formula is C33H47F6NO2S. The molecule has 2 N–H and O–H groups in total. The number of halogens is 6. The Labute approximate surface area is 256 Å². The van der Waals surface area contributed by atoms with Crippen molar-refractivity contribution in [2.45, 2.75) is 101 Å². The van der Waals surface area contributed by atoms with Crippen molar-refractivity contribution in [3.8, 4) is 5.75 Å². The molecule has 4 unspecified atom stereocenters. The maximum absolute atomic E-state index is 16.3. The fraction of sp³-hybridized carbons (Fsp3) is 0.758. The van der Waals surface area contributed by atoms with Crippen LogP contribution in [-0.4, -0.2) is 65.0 Å². The van der Waals surface area contributed by atoms with Crippen LogP contribution in [0.5, 0.6) is 5.75 Å². The molecule has 43 heavy (non-hydrogen) atoms. The van der Waals surface area contributed by atoms with E-state index in [4.69, 9.17) is 0 Å². The predicted octanol–water partition coefficient (Wildman–Crippen LogP) is 9.06. The van der Waals surface area contributed by atoms with Crippen LogP contribution in [-0.2, 0) is 0 Å². The van der Waals surface area contributed by atoms with Gasteiger partial charge in [0.25, 0.3) is 0 Å². The van der Waals surface area contributed by atoms with Crippen LogP contribution < -0.4 is 0 Å². The van der Waals surface area contributed by atoms with Crippen molar-refractivity contribution in [2.75, 3.05) is 31.6 Å². The van der Waals surface area contributed by atoms with Gasteiger partial charge < -0.3 is 15.1 Å². The molecule has 0 saturated heterocycles. The molecule has 4 rings (SSSR count). The van der Waals surface area contributed by atoms with Crippen molar-refractivity contribution in [2.24, 2.45) is 23.2 Å². The third kappa shape index (κ3) is 7.54. The highest BCUT2D eigenvalue weighted by atomic mass is 32.2. The summed E-state index contributed by atoms with van der Waals surface area (Å²) in [5.41, 5.74) is 2.35. The SMILES string of the molecule is C=C1[C@H](O)CC2C3C(CC[C@]12C)c1ccc(O)cc1[C@H](F)C3CCCCCN(C)CCCSCCCC(F)(F)C(F)(F)F. The summed E-state index contributed by atoms with van der Waals surface area (Å²) in [6.07, 6.45) is -1.64. The van der Waals surface area contributed by atoms with Crippen molar-refractivity contribution in [1.29, 1.82) is 0 Å². The van der Waals surface area contributed by atoms with Crippen molar-refractivity contribution < 1.29 is 36.6 Å². The number of thioether (sulfide) groups is 1. The average molecular weight is 636 g/mol. The Morgan fingerprint density at radius 2 is 1.72 bits per heavy atom. The summed E-state index contributed by atoms with van der Waals surface area (Å²) >= 11 is 1.41. The van der Waals surface area contributed by atoms with E-state index in [1.165, 1.54) is 11.8 Å². The van der Waals surface area contributed by atoms with Crippen LogP contribution in [0.2, 0.25) is 0 Å². The second-order valence-electron chi connectivity index (χ2n) is 13.3. The molecule has 0 spiro atoms. The number of fused-ring (bicyclic) bond motifs is 5. The normalized spacial score (nSPS) is 30.8. The Hall–Kier alpha value is -1.39. The van der Waals surface area contributed by atoms with Crippen LogP contribution in [0.4, 0.5) is 26.3 Å².